The van der Waals surface area contributed by atoms with Crippen molar-refractivity contribution in [3.05, 3.63) is 0 Å². The molecule has 0 fully saturated rings. The summed E-state index contributed by atoms with van der Waals surface area (Å²) in [5.41, 5.74) is 0. The van der Waals surface area contributed by atoms with Crippen LogP contribution < -0.4 is 5.32 Å². The topological polar surface area (TPSA) is 66.4 Å². The summed E-state index contributed by atoms with van der Waals surface area (Å²) in [6.45, 7) is 3.35. The number of nitrogens with one attached hydrogen (secondary N) is 1. The molecular formula is C7H11Cl2NO3. The molecule has 0 saturated carbocycles. The van der Waals surface area contributed by atoms with Crippen LogP contribution in [0.2, 0.25) is 0 Å². The van der Waals surface area contributed by atoms with Gasteiger partial charge in [-0.3, -0.25) is 4.79 Å². The second-order valence-electron chi connectivity index (χ2n) is 2.87. The molecular weight excluding hydrogens is 217 g/mol. The summed E-state index contributed by atoms with van der Waals surface area (Å²) in [5.74, 6) is -2.00. The number of carboxylic acids is 1. The zero-order valence-electron chi connectivity index (χ0n) is 7.25. The highest BCUT2D eigenvalue weighted by molar-refractivity contribution is 6.53. The van der Waals surface area contributed by atoms with Crippen molar-refractivity contribution < 1.29 is 14.7 Å². The summed E-state index contributed by atoms with van der Waals surface area (Å²) < 4.78 is 0. The summed E-state index contributed by atoms with van der Waals surface area (Å²) in [5, 5.41) is 10.9. The first-order valence-electron chi connectivity index (χ1n) is 3.67. The lowest BCUT2D eigenvalue weighted by molar-refractivity contribution is -0.142. The van der Waals surface area contributed by atoms with E-state index in [0.717, 1.165) is 0 Å². The van der Waals surface area contributed by atoms with Crippen LogP contribution in [0.4, 0.5) is 0 Å². The van der Waals surface area contributed by atoms with E-state index in [1.807, 2.05) is 0 Å². The van der Waals surface area contributed by atoms with Gasteiger partial charge < -0.3 is 10.4 Å². The molecule has 1 atom stereocenters. The predicted molar refractivity (Wildman–Crippen MR) is 49.9 cm³/mol. The van der Waals surface area contributed by atoms with Crippen LogP contribution in [-0.4, -0.2) is 27.9 Å². The molecule has 0 heterocycles. The van der Waals surface area contributed by atoms with E-state index in [1.54, 1.807) is 13.8 Å². The van der Waals surface area contributed by atoms with Crippen LogP contribution in [0.3, 0.4) is 0 Å². The van der Waals surface area contributed by atoms with Crippen molar-refractivity contribution in [2.24, 2.45) is 5.92 Å². The van der Waals surface area contributed by atoms with Crippen molar-refractivity contribution in [2.45, 2.75) is 24.7 Å². The number of carbonyl (C=O) groups excluding carboxylic acids is 1. The Kier molecular flexibility index (Phi) is 5.10. The number of carboxylic acid groups (broad SMARTS) is 1. The van der Waals surface area contributed by atoms with Gasteiger partial charge in [0.2, 0.25) is 0 Å². The number of aliphatic carboxylic acids is 1. The standard InChI is InChI=1S/C7H11Cl2NO3/c1-3(2)4(7(12)13)10-6(11)5(8)9/h3-5H,1-2H3,(H,10,11)(H,12,13)/t4-/m1/s1. The molecule has 0 bridgehead atoms. The fourth-order valence-corrected chi connectivity index (χ4v) is 0.856. The van der Waals surface area contributed by atoms with E-state index in [-0.39, 0.29) is 5.92 Å². The first kappa shape index (κ1) is 12.5. The minimum absolute atomic E-state index is 0.214. The number of amides is 1. The van der Waals surface area contributed by atoms with Crippen molar-refractivity contribution in [1.29, 1.82) is 0 Å². The third-order valence-electron chi connectivity index (χ3n) is 1.43. The lowest BCUT2D eigenvalue weighted by atomic mass is 10.1. The molecule has 0 aliphatic rings. The fourth-order valence-electron chi connectivity index (χ4n) is 0.730. The molecule has 76 valence electrons. The van der Waals surface area contributed by atoms with Gasteiger partial charge in [-0.25, -0.2) is 4.79 Å². The average molecular weight is 228 g/mol. The van der Waals surface area contributed by atoms with Gasteiger partial charge >= 0.3 is 5.97 Å². The molecule has 0 radical (unpaired) electrons. The van der Waals surface area contributed by atoms with Crippen LogP contribution >= 0.6 is 23.2 Å². The third kappa shape index (κ3) is 4.33. The zero-order chi connectivity index (χ0) is 10.6. The molecule has 0 saturated heterocycles. The monoisotopic (exact) mass is 227 g/mol. The van der Waals surface area contributed by atoms with Crippen molar-refractivity contribution >= 4 is 35.1 Å². The lowest BCUT2D eigenvalue weighted by Crippen LogP contribution is -2.46. The van der Waals surface area contributed by atoms with Gasteiger partial charge in [0, 0.05) is 0 Å². The van der Waals surface area contributed by atoms with E-state index in [2.05, 4.69) is 5.32 Å². The van der Waals surface area contributed by atoms with Gasteiger partial charge in [-0.1, -0.05) is 37.0 Å². The SMILES string of the molecule is CC(C)[C@@H](NC(=O)C(Cl)Cl)C(=O)O. The minimum atomic E-state index is -1.24. The predicted octanol–water partition coefficient (Wildman–Crippen LogP) is 1.02. The van der Waals surface area contributed by atoms with E-state index < -0.39 is 22.8 Å². The van der Waals surface area contributed by atoms with Crippen LogP contribution in [-0.2, 0) is 9.59 Å². The van der Waals surface area contributed by atoms with E-state index in [0.29, 0.717) is 0 Å². The van der Waals surface area contributed by atoms with Crippen molar-refractivity contribution in [3.8, 4) is 0 Å². The Bertz CT molecular complexity index is 206. The number of carbonyl (C=O) groups is 2. The van der Waals surface area contributed by atoms with Gasteiger partial charge in [0.05, 0.1) is 0 Å². The van der Waals surface area contributed by atoms with Crippen LogP contribution in [0, 0.1) is 5.92 Å². The van der Waals surface area contributed by atoms with Gasteiger partial charge in [0.25, 0.3) is 5.91 Å². The summed E-state index contributed by atoms with van der Waals surface area (Å²) in [7, 11) is 0. The average Bonchev–Trinajstić information content (AvgIpc) is 1.97. The third-order valence-corrected chi connectivity index (χ3v) is 1.83. The van der Waals surface area contributed by atoms with E-state index >= 15 is 0 Å². The van der Waals surface area contributed by atoms with Gasteiger partial charge in [-0.05, 0) is 5.92 Å². The minimum Gasteiger partial charge on any atom is -0.480 e. The van der Waals surface area contributed by atoms with Crippen molar-refractivity contribution in [3.63, 3.8) is 0 Å². The maximum absolute atomic E-state index is 10.9. The fraction of sp³-hybridized carbons (Fsp3) is 0.714. The second-order valence-corrected chi connectivity index (χ2v) is 3.97. The highest BCUT2D eigenvalue weighted by Crippen LogP contribution is 2.06. The Hall–Kier alpha value is -0.480. The second kappa shape index (κ2) is 5.29. The number of hydrogen-bond acceptors (Lipinski definition) is 2. The van der Waals surface area contributed by atoms with E-state index in [9.17, 15) is 9.59 Å². The Morgan fingerprint density at radius 2 is 1.77 bits per heavy atom. The Morgan fingerprint density at radius 3 is 2.00 bits per heavy atom. The number of alkyl halides is 2. The number of halogens is 2. The molecule has 2 N–H and O–H groups in total. The quantitative estimate of drug-likeness (QED) is 0.706. The van der Waals surface area contributed by atoms with Crippen LogP contribution in [0.25, 0.3) is 0 Å². The number of hydrogen-bond donors (Lipinski definition) is 2. The van der Waals surface area contributed by atoms with Crippen LogP contribution in [0.15, 0.2) is 0 Å². The molecule has 0 aliphatic carbocycles. The van der Waals surface area contributed by atoms with Gasteiger partial charge in [0.15, 0.2) is 4.84 Å². The first-order chi connectivity index (χ1) is 5.86. The molecule has 13 heavy (non-hydrogen) atoms. The highest BCUT2D eigenvalue weighted by Gasteiger charge is 2.25. The molecule has 0 aliphatic heterocycles. The molecule has 0 unspecified atom stereocenters. The van der Waals surface area contributed by atoms with Crippen LogP contribution in [0.5, 0.6) is 0 Å². The van der Waals surface area contributed by atoms with Crippen molar-refractivity contribution in [2.75, 3.05) is 0 Å². The van der Waals surface area contributed by atoms with Gasteiger partial charge in [0.1, 0.15) is 6.04 Å². The highest BCUT2D eigenvalue weighted by atomic mass is 35.5. The molecule has 4 nitrogen and oxygen atoms in total. The van der Waals surface area contributed by atoms with Crippen LogP contribution in [0.1, 0.15) is 13.8 Å². The van der Waals surface area contributed by atoms with Gasteiger partial charge in [-0.2, -0.15) is 0 Å². The Balaban J connectivity index is 4.27. The molecule has 0 rings (SSSR count). The molecule has 6 heteroatoms. The summed E-state index contributed by atoms with van der Waals surface area (Å²) in [6.07, 6.45) is 0. The maximum atomic E-state index is 10.9. The smallest absolute Gasteiger partial charge is 0.326 e. The zero-order valence-corrected chi connectivity index (χ0v) is 8.76. The Labute approximate surface area is 86.2 Å². The van der Waals surface area contributed by atoms with E-state index in [4.69, 9.17) is 28.3 Å². The summed E-state index contributed by atoms with van der Waals surface area (Å²) in [4.78, 5) is 20.3. The number of rotatable bonds is 4. The summed E-state index contributed by atoms with van der Waals surface area (Å²) >= 11 is 10.5. The molecule has 0 aromatic carbocycles. The normalized spacial score (nSPS) is 13.1. The first-order valence-corrected chi connectivity index (χ1v) is 4.55. The molecule has 0 aromatic rings. The van der Waals surface area contributed by atoms with Crippen molar-refractivity contribution in [1.82, 2.24) is 5.32 Å². The Morgan fingerprint density at radius 1 is 1.31 bits per heavy atom. The molecule has 0 aromatic heterocycles. The molecule has 1 amide bonds. The maximum Gasteiger partial charge on any atom is 0.326 e. The van der Waals surface area contributed by atoms with E-state index in [1.165, 1.54) is 0 Å². The largest absolute Gasteiger partial charge is 0.480 e. The lowest BCUT2D eigenvalue weighted by Gasteiger charge is -2.17. The summed E-state index contributed by atoms with van der Waals surface area (Å²) in [6, 6.07) is -0.951. The van der Waals surface area contributed by atoms with Gasteiger partial charge in [-0.15, -0.1) is 0 Å². The molecule has 0 spiro atoms.